The molecule has 0 radical (unpaired) electrons. The van der Waals surface area contributed by atoms with Gasteiger partial charge in [-0.3, -0.25) is 0 Å². The maximum atomic E-state index is 6.68. The van der Waals surface area contributed by atoms with E-state index in [1.807, 2.05) is 0 Å². The normalized spacial score (nSPS) is 31.1. The van der Waals surface area contributed by atoms with Gasteiger partial charge in [0.1, 0.15) is 0 Å². The van der Waals surface area contributed by atoms with Gasteiger partial charge < -0.3 is 10.1 Å². The first-order valence-corrected chi connectivity index (χ1v) is 12.0. The molecular formula is C26H51NO. The minimum absolute atomic E-state index is 0.254. The summed E-state index contributed by atoms with van der Waals surface area (Å²) in [6.07, 6.45) is 8.53. The van der Waals surface area contributed by atoms with Gasteiger partial charge in [-0.1, -0.05) is 69.2 Å². The molecule has 0 aromatic rings. The molecule has 4 atom stereocenters. The average Bonchev–Trinajstić information content (AvgIpc) is 2.59. The van der Waals surface area contributed by atoms with E-state index in [9.17, 15) is 0 Å². The van der Waals surface area contributed by atoms with Gasteiger partial charge >= 0.3 is 0 Å². The molecule has 4 unspecified atom stereocenters. The molecule has 2 fully saturated rings. The van der Waals surface area contributed by atoms with Gasteiger partial charge in [0.2, 0.25) is 0 Å². The summed E-state index contributed by atoms with van der Waals surface area (Å²) in [6.45, 7) is 26.5. The zero-order valence-electron chi connectivity index (χ0n) is 20.9. The predicted octanol–water partition coefficient (Wildman–Crippen LogP) is 7.07. The van der Waals surface area contributed by atoms with E-state index in [4.69, 9.17) is 4.74 Å². The first kappa shape index (κ1) is 24.2. The second-order valence-electron chi connectivity index (χ2n) is 13.5. The molecule has 2 aliphatic heterocycles. The molecule has 2 saturated heterocycles. The van der Waals surface area contributed by atoms with Gasteiger partial charge in [0.15, 0.2) is 0 Å². The summed E-state index contributed by atoms with van der Waals surface area (Å²) >= 11 is 0. The SMILES string of the molecule is CC(C)(C)C1CNCC(C(C)(C)CCC(C)(C)C2CCCC(C(C)(C)C)O2)C1. The topological polar surface area (TPSA) is 21.3 Å². The third-order valence-corrected chi connectivity index (χ3v) is 8.19. The Labute approximate surface area is 177 Å². The van der Waals surface area contributed by atoms with E-state index >= 15 is 0 Å². The summed E-state index contributed by atoms with van der Waals surface area (Å²) in [5.41, 5.74) is 1.29. The molecule has 28 heavy (non-hydrogen) atoms. The maximum absolute atomic E-state index is 6.68. The Kier molecular flexibility index (Phi) is 7.41. The molecule has 2 aliphatic rings. The lowest BCUT2D eigenvalue weighted by Crippen LogP contribution is -2.47. The lowest BCUT2D eigenvalue weighted by molar-refractivity contribution is -0.143. The summed E-state index contributed by atoms with van der Waals surface area (Å²) < 4.78 is 6.68. The Morgan fingerprint density at radius 3 is 1.79 bits per heavy atom. The van der Waals surface area contributed by atoms with Gasteiger partial charge in [-0.25, -0.2) is 0 Å². The van der Waals surface area contributed by atoms with Crippen LogP contribution in [0.15, 0.2) is 0 Å². The highest BCUT2D eigenvalue weighted by molar-refractivity contribution is 4.92. The van der Waals surface area contributed by atoms with Crippen molar-refractivity contribution in [1.82, 2.24) is 5.32 Å². The number of rotatable bonds is 5. The van der Waals surface area contributed by atoms with Crippen LogP contribution in [0.5, 0.6) is 0 Å². The van der Waals surface area contributed by atoms with Crippen LogP contribution in [0, 0.1) is 33.5 Å². The molecule has 166 valence electrons. The number of ether oxygens (including phenoxy) is 1. The van der Waals surface area contributed by atoms with E-state index in [1.54, 1.807) is 0 Å². The van der Waals surface area contributed by atoms with Crippen LogP contribution in [0.25, 0.3) is 0 Å². The lowest BCUT2D eigenvalue weighted by Gasteiger charge is -2.47. The van der Waals surface area contributed by atoms with Gasteiger partial charge in [-0.2, -0.15) is 0 Å². The first-order valence-electron chi connectivity index (χ1n) is 12.0. The quantitative estimate of drug-likeness (QED) is 0.539. The van der Waals surface area contributed by atoms with E-state index in [1.165, 1.54) is 51.6 Å². The van der Waals surface area contributed by atoms with Gasteiger partial charge in [-0.15, -0.1) is 0 Å². The van der Waals surface area contributed by atoms with Gasteiger partial charge in [0, 0.05) is 0 Å². The third-order valence-electron chi connectivity index (χ3n) is 8.19. The van der Waals surface area contributed by atoms with Gasteiger partial charge in [0.05, 0.1) is 12.2 Å². The zero-order valence-corrected chi connectivity index (χ0v) is 20.9. The highest BCUT2D eigenvalue weighted by Crippen LogP contribution is 2.46. The fourth-order valence-corrected chi connectivity index (χ4v) is 5.24. The lowest BCUT2D eigenvalue weighted by atomic mass is 9.64. The Hall–Kier alpha value is -0.0800. The van der Waals surface area contributed by atoms with E-state index in [0.29, 0.717) is 23.0 Å². The summed E-state index contributed by atoms with van der Waals surface area (Å²) in [4.78, 5) is 0. The van der Waals surface area contributed by atoms with E-state index in [-0.39, 0.29) is 10.8 Å². The Bertz CT molecular complexity index is 448. The Morgan fingerprint density at radius 2 is 1.21 bits per heavy atom. The molecule has 0 saturated carbocycles. The summed E-state index contributed by atoms with van der Waals surface area (Å²) in [7, 11) is 0. The van der Waals surface area contributed by atoms with Crippen molar-refractivity contribution in [3.8, 4) is 0 Å². The molecule has 2 nitrogen and oxygen atoms in total. The van der Waals surface area contributed by atoms with Crippen LogP contribution in [0.3, 0.4) is 0 Å². The minimum atomic E-state index is 0.254. The number of piperidine rings is 1. The van der Waals surface area contributed by atoms with Crippen LogP contribution in [-0.2, 0) is 4.74 Å². The summed E-state index contributed by atoms with van der Waals surface area (Å²) in [5.74, 6) is 1.56. The second kappa shape index (κ2) is 8.58. The molecule has 0 aromatic heterocycles. The average molecular weight is 394 g/mol. The van der Waals surface area contributed by atoms with Crippen molar-refractivity contribution in [3.63, 3.8) is 0 Å². The van der Waals surface area contributed by atoms with Crippen LogP contribution < -0.4 is 5.32 Å². The fourth-order valence-electron chi connectivity index (χ4n) is 5.24. The highest BCUT2D eigenvalue weighted by atomic mass is 16.5. The van der Waals surface area contributed by atoms with E-state index in [0.717, 1.165) is 11.8 Å². The molecule has 0 aromatic carbocycles. The molecule has 0 amide bonds. The van der Waals surface area contributed by atoms with Crippen LogP contribution in [0.2, 0.25) is 0 Å². The fraction of sp³-hybridized carbons (Fsp3) is 1.00. The zero-order chi connectivity index (χ0) is 21.4. The molecule has 2 rings (SSSR count). The van der Waals surface area contributed by atoms with E-state index < -0.39 is 0 Å². The number of hydrogen-bond donors (Lipinski definition) is 1. The van der Waals surface area contributed by atoms with Crippen molar-refractivity contribution in [2.75, 3.05) is 13.1 Å². The van der Waals surface area contributed by atoms with Crippen molar-refractivity contribution in [2.45, 2.75) is 120 Å². The monoisotopic (exact) mass is 393 g/mol. The minimum Gasteiger partial charge on any atom is -0.374 e. The molecule has 0 bridgehead atoms. The van der Waals surface area contributed by atoms with Crippen LogP contribution in [-0.4, -0.2) is 25.3 Å². The van der Waals surface area contributed by atoms with Crippen molar-refractivity contribution in [1.29, 1.82) is 0 Å². The molecule has 1 N–H and O–H groups in total. The van der Waals surface area contributed by atoms with Crippen molar-refractivity contribution < 1.29 is 4.74 Å². The van der Waals surface area contributed by atoms with Crippen LogP contribution in [0.4, 0.5) is 0 Å². The Balaban J connectivity index is 1.96. The molecule has 2 heteroatoms. The molecular weight excluding hydrogens is 342 g/mol. The highest BCUT2D eigenvalue weighted by Gasteiger charge is 2.41. The third kappa shape index (κ3) is 6.21. The van der Waals surface area contributed by atoms with Crippen LogP contribution in [0.1, 0.15) is 108 Å². The summed E-state index contributed by atoms with van der Waals surface area (Å²) in [5, 5.41) is 3.76. The maximum Gasteiger partial charge on any atom is 0.0630 e. The second-order valence-corrected chi connectivity index (χ2v) is 13.5. The largest absolute Gasteiger partial charge is 0.374 e. The van der Waals surface area contributed by atoms with Crippen molar-refractivity contribution in [2.24, 2.45) is 33.5 Å². The van der Waals surface area contributed by atoms with Crippen LogP contribution >= 0.6 is 0 Å². The van der Waals surface area contributed by atoms with Gasteiger partial charge in [-0.05, 0) is 85.1 Å². The molecule has 0 spiro atoms. The van der Waals surface area contributed by atoms with Gasteiger partial charge in [0.25, 0.3) is 0 Å². The standard InChI is InChI=1S/C26H51NO/c1-23(2,3)19-16-20(18-27-17-19)25(7,8)14-15-26(9,10)22-13-11-12-21(28-22)24(4,5)6/h19-22,27H,11-18H2,1-10H3. The Morgan fingerprint density at radius 1 is 0.679 bits per heavy atom. The molecule has 0 aliphatic carbocycles. The first-order chi connectivity index (χ1) is 12.6. The van der Waals surface area contributed by atoms with Crippen molar-refractivity contribution >= 4 is 0 Å². The summed E-state index contributed by atoms with van der Waals surface area (Å²) in [6, 6.07) is 0. The number of nitrogens with one attached hydrogen (secondary N) is 1. The van der Waals surface area contributed by atoms with E-state index in [2.05, 4.69) is 74.6 Å². The smallest absolute Gasteiger partial charge is 0.0630 e. The van der Waals surface area contributed by atoms with Crippen molar-refractivity contribution in [3.05, 3.63) is 0 Å². The predicted molar refractivity (Wildman–Crippen MR) is 123 cm³/mol. The number of hydrogen-bond acceptors (Lipinski definition) is 2. The molecule has 2 heterocycles.